The fourth-order valence-corrected chi connectivity index (χ4v) is 9.42. The number of phenols is 4. The zero-order valence-electron chi connectivity index (χ0n) is 34.3. The zero-order chi connectivity index (χ0) is 50.5. The molecule has 0 saturated carbocycles. The topological polar surface area (TPSA) is 360 Å². The Morgan fingerprint density at radius 3 is 1.43 bits per heavy atom. The van der Waals surface area contributed by atoms with Crippen LogP contribution >= 0.6 is 47.9 Å². The van der Waals surface area contributed by atoms with Gasteiger partial charge in [0.1, 0.15) is 27.9 Å². The molecule has 6 aromatic rings. The van der Waals surface area contributed by atoms with Gasteiger partial charge in [-0.2, -0.15) is 25.3 Å². The molecule has 6 aromatic carbocycles. The molecule has 1 aliphatic rings. The van der Waals surface area contributed by atoms with Gasteiger partial charge >= 0.3 is 0 Å². The van der Waals surface area contributed by atoms with Crippen molar-refractivity contribution in [3.8, 4) is 34.1 Å². The third kappa shape index (κ3) is 15.1. The highest BCUT2D eigenvalue weighted by atomic mass is 32.2. The Labute approximate surface area is 404 Å². The smallest absolute Gasteiger partial charge is 0.298 e. The molecule has 0 radical (unpaired) electrons. The molecule has 366 valence electrons. The maximum atomic E-state index is 12.1. The third-order valence-corrected chi connectivity index (χ3v) is 12.9. The number of hydrogen-bond acceptors (Lipinski definition) is 23. The summed E-state index contributed by atoms with van der Waals surface area (Å²) >= 11 is 3.39. The van der Waals surface area contributed by atoms with Gasteiger partial charge in [0.15, 0.2) is 0 Å². The van der Waals surface area contributed by atoms with Gasteiger partial charge in [0.25, 0.3) is 30.4 Å². The van der Waals surface area contributed by atoms with Crippen molar-refractivity contribution in [2.45, 2.75) is 34.8 Å². The molecule has 0 saturated heterocycles. The Kier molecular flexibility index (Phi) is 20.3. The lowest BCUT2D eigenvalue weighted by Gasteiger charge is -2.34. The standard InChI is InChI=1S/C25H18O8S2.C12H10O8S3.2CH4O3S/c26-17-5-1-15(2-6-17)25(16-3-7-18(27)8-4-16)23-13-19(34-33-32-28)9-11-21(23)22-12-10-20(14-24(22)25)35(29,30)31;13-9-3-1-7(5-11(9)22-20-19-15)21-8-2-4-10(14)12(6-8)23(16,17)18;1-5(2,3)4;1-5-4-3-2/h1-14,26-28H,(H,29,30,31);1-6,13-15H,(H,16,17,18);1H3,(H,2,3,4);2H,1H3. The summed E-state index contributed by atoms with van der Waals surface area (Å²) in [5, 5.41) is 73.4. The number of rotatable bonds is 14. The fourth-order valence-electron chi connectivity index (χ4n) is 6.37. The summed E-state index contributed by atoms with van der Waals surface area (Å²) in [7, 11) is -12.7. The lowest BCUT2D eigenvalue weighted by atomic mass is 9.67. The average molecular weight is 1080 g/mol. The van der Waals surface area contributed by atoms with E-state index in [1.54, 1.807) is 48.7 Å². The molecule has 1 aliphatic carbocycles. The second kappa shape index (κ2) is 24.7. The van der Waals surface area contributed by atoms with Crippen LogP contribution in [0.1, 0.15) is 22.3 Å². The van der Waals surface area contributed by atoms with E-state index in [1.807, 2.05) is 12.1 Å². The van der Waals surface area contributed by atoms with Crippen LogP contribution in [0, 0.1) is 0 Å². The van der Waals surface area contributed by atoms with Crippen molar-refractivity contribution in [1.82, 2.24) is 0 Å². The molecule has 0 spiro atoms. The molecule has 22 nitrogen and oxygen atoms in total. The molecule has 0 aliphatic heterocycles. The van der Waals surface area contributed by atoms with Gasteiger partial charge in [-0.3, -0.25) is 13.7 Å². The third-order valence-electron chi connectivity index (χ3n) is 8.77. The van der Waals surface area contributed by atoms with Gasteiger partial charge < -0.3 is 20.4 Å². The monoisotopic (exact) mass is 1080 g/mol. The van der Waals surface area contributed by atoms with Gasteiger partial charge in [-0.1, -0.05) is 63.3 Å². The van der Waals surface area contributed by atoms with Gasteiger partial charge in [0.2, 0.25) is 0 Å². The van der Waals surface area contributed by atoms with Crippen molar-refractivity contribution < 1.29 is 103 Å². The van der Waals surface area contributed by atoms with E-state index in [4.69, 9.17) is 24.9 Å². The molecular formula is C39H36O22S7. The highest BCUT2D eigenvalue weighted by molar-refractivity contribution is 7.99. The fraction of sp³-hybridized carbons (Fsp3) is 0.0769. The van der Waals surface area contributed by atoms with Crippen LogP contribution in [-0.2, 0) is 63.9 Å². The van der Waals surface area contributed by atoms with Crippen molar-refractivity contribution in [2.24, 2.45) is 0 Å². The molecular weight excluding hydrogens is 1040 g/mol. The number of benzene rings is 6. The van der Waals surface area contributed by atoms with Crippen molar-refractivity contribution >= 4 is 78.2 Å². The maximum Gasteiger partial charge on any atom is 0.298 e. The molecule has 68 heavy (non-hydrogen) atoms. The van der Waals surface area contributed by atoms with E-state index < -0.39 is 46.4 Å². The van der Waals surface area contributed by atoms with E-state index in [-0.39, 0.29) is 27.0 Å². The van der Waals surface area contributed by atoms with Crippen LogP contribution in [0.15, 0.2) is 151 Å². The van der Waals surface area contributed by atoms with E-state index in [0.717, 1.165) is 64.7 Å². The zero-order valence-corrected chi connectivity index (χ0v) is 40.0. The molecule has 29 heteroatoms. The number of hydrogen-bond donors (Lipinski definition) is 10. The van der Waals surface area contributed by atoms with E-state index in [1.165, 1.54) is 54.6 Å². The van der Waals surface area contributed by atoms with Crippen LogP contribution in [0.5, 0.6) is 23.0 Å². The Morgan fingerprint density at radius 2 is 0.956 bits per heavy atom. The molecule has 0 amide bonds. The van der Waals surface area contributed by atoms with Crippen LogP contribution in [0.4, 0.5) is 0 Å². The lowest BCUT2D eigenvalue weighted by Crippen LogP contribution is -2.28. The predicted molar refractivity (Wildman–Crippen MR) is 244 cm³/mol. The highest BCUT2D eigenvalue weighted by Gasteiger charge is 2.47. The van der Waals surface area contributed by atoms with Crippen molar-refractivity contribution in [2.75, 3.05) is 12.5 Å². The minimum atomic E-state index is -4.55. The summed E-state index contributed by atoms with van der Waals surface area (Å²) in [6, 6.07) is 31.0. The van der Waals surface area contributed by atoms with E-state index >= 15 is 0 Å². The second-order valence-corrected chi connectivity index (χ2v) is 20.5. The minimum absolute atomic E-state index is 0.0533. The molecule has 10 N–H and O–H groups in total. The molecule has 0 heterocycles. The molecule has 0 bridgehead atoms. The lowest BCUT2D eigenvalue weighted by molar-refractivity contribution is -0.432. The van der Waals surface area contributed by atoms with Gasteiger partial charge in [-0.15, -0.1) is 13.0 Å². The summed E-state index contributed by atoms with van der Waals surface area (Å²) < 4.78 is 104. The Morgan fingerprint density at radius 1 is 0.500 bits per heavy atom. The van der Waals surface area contributed by atoms with Gasteiger partial charge in [0.05, 0.1) is 45.5 Å². The van der Waals surface area contributed by atoms with E-state index in [2.05, 4.69) is 28.1 Å². The molecule has 0 unspecified atom stereocenters. The average Bonchev–Trinajstić information content (AvgIpc) is 3.56. The van der Waals surface area contributed by atoms with Crippen LogP contribution < -0.4 is 0 Å². The summed E-state index contributed by atoms with van der Waals surface area (Å²) in [6.45, 7) is 0. The molecule has 0 fully saturated rings. The van der Waals surface area contributed by atoms with Crippen LogP contribution in [0.25, 0.3) is 11.1 Å². The Bertz CT molecular complexity index is 2940. The van der Waals surface area contributed by atoms with Gasteiger partial charge in [-0.05, 0) is 118 Å². The first-order valence-corrected chi connectivity index (χ1v) is 26.1. The first-order chi connectivity index (χ1) is 32.0. The van der Waals surface area contributed by atoms with Gasteiger partial charge in [0, 0.05) is 33.0 Å². The Balaban J connectivity index is 0.000000262. The van der Waals surface area contributed by atoms with Crippen molar-refractivity contribution in [1.29, 1.82) is 0 Å². The van der Waals surface area contributed by atoms with Crippen molar-refractivity contribution in [3.05, 3.63) is 144 Å². The van der Waals surface area contributed by atoms with Crippen LogP contribution in [0.2, 0.25) is 0 Å². The van der Waals surface area contributed by atoms with E-state index in [9.17, 15) is 50.2 Å². The largest absolute Gasteiger partial charge is 0.508 e. The summed E-state index contributed by atoms with van der Waals surface area (Å²) in [5.74, 6) is -0.567. The maximum absolute atomic E-state index is 12.1. The normalized spacial score (nSPS) is 12.5. The van der Waals surface area contributed by atoms with Gasteiger partial charge in [-0.25, -0.2) is 15.8 Å². The minimum Gasteiger partial charge on any atom is -0.508 e. The number of phenolic OH excluding ortho intramolecular Hbond substituents is 4. The molecule has 7 rings (SSSR count). The van der Waals surface area contributed by atoms with Crippen molar-refractivity contribution in [3.63, 3.8) is 0 Å². The summed E-state index contributed by atoms with van der Waals surface area (Å²) in [4.78, 5) is 0.987. The Hall–Kier alpha value is -4.71. The number of aromatic hydroxyl groups is 4. The summed E-state index contributed by atoms with van der Waals surface area (Å²) in [5.41, 5.74) is 3.19. The van der Waals surface area contributed by atoms with Crippen LogP contribution in [0.3, 0.4) is 0 Å². The summed E-state index contributed by atoms with van der Waals surface area (Å²) in [6.07, 6.45) is 2.34. The quantitative estimate of drug-likeness (QED) is 0.0212. The number of fused-ring (bicyclic) bond motifs is 3. The first-order valence-electron chi connectivity index (χ1n) is 17.9. The van der Waals surface area contributed by atoms with Crippen LogP contribution in [-0.4, -0.2) is 87.6 Å². The SMILES string of the molecule is CS(=O)(=O)O.CSOOO.O=S(=O)(O)c1cc(Sc2ccc(O)c(SOOO)c2)ccc1O.O=S(=O)(O)c1ccc2c(c1)C(c1ccc(O)cc1)(c1ccc(O)cc1)c1cc(SOOO)ccc1-2. The molecule has 0 atom stereocenters. The molecule has 0 aromatic heterocycles. The predicted octanol–water partition coefficient (Wildman–Crippen LogP) is 8.25. The van der Waals surface area contributed by atoms with E-state index in [0.29, 0.717) is 49.7 Å². The first kappa shape index (κ1) is 55.9. The second-order valence-electron chi connectivity index (χ2n) is 13.1. The highest BCUT2D eigenvalue weighted by Crippen LogP contribution is 2.57.